The zero-order valence-electron chi connectivity index (χ0n) is 23.1. The van der Waals surface area contributed by atoms with E-state index in [-0.39, 0.29) is 23.4 Å². The van der Waals surface area contributed by atoms with E-state index in [1.54, 1.807) is 43.3 Å². The van der Waals surface area contributed by atoms with Crippen LogP contribution in [0.15, 0.2) is 72.3 Å². The Balaban J connectivity index is 1.95. The van der Waals surface area contributed by atoms with Crippen molar-refractivity contribution in [1.82, 2.24) is 0 Å². The maximum Gasteiger partial charge on any atom is 0.338 e. The Morgan fingerprint density at radius 1 is 1.00 bits per heavy atom. The molecule has 7 nitrogen and oxygen atoms in total. The fourth-order valence-electron chi connectivity index (χ4n) is 4.76. The molecule has 0 bridgehead atoms. The number of aliphatic hydroxyl groups excluding tert-OH is 1. The van der Waals surface area contributed by atoms with Crippen LogP contribution in [-0.2, 0) is 19.7 Å². The summed E-state index contributed by atoms with van der Waals surface area (Å²) >= 11 is 0. The standard InChI is InChI=1S/C32H33NO6/c1-7-39-31(37)20-12-15-22(16-13-20)33-27(23-11-9-8-10-19(23)2)26(29(35)30(33)36)28(34)24-18-21(32(3,4)5)14-17-25(24)38-6/h8-18,27,34H,7H2,1-6H3/b28-26+. The summed E-state index contributed by atoms with van der Waals surface area (Å²) in [4.78, 5) is 40.7. The number of aryl methyl sites for hydroxylation is 1. The first-order chi connectivity index (χ1) is 18.5. The van der Waals surface area contributed by atoms with Gasteiger partial charge in [0.05, 0.1) is 36.5 Å². The second kappa shape index (κ2) is 10.8. The van der Waals surface area contributed by atoms with E-state index in [0.29, 0.717) is 28.1 Å². The number of hydrogen-bond acceptors (Lipinski definition) is 6. The number of aliphatic hydroxyl groups is 1. The second-order valence-electron chi connectivity index (χ2n) is 10.5. The highest BCUT2D eigenvalue weighted by Crippen LogP contribution is 2.44. The number of ether oxygens (including phenoxy) is 2. The van der Waals surface area contributed by atoms with Gasteiger partial charge >= 0.3 is 5.97 Å². The predicted molar refractivity (Wildman–Crippen MR) is 150 cm³/mol. The Kier molecular flexibility index (Phi) is 7.63. The SMILES string of the molecule is CCOC(=O)c1ccc(N2C(=O)C(=O)/C(=C(/O)c3cc(C(C)(C)C)ccc3OC)C2c2ccccc2C)cc1. The van der Waals surface area contributed by atoms with E-state index in [4.69, 9.17) is 9.47 Å². The molecule has 3 aromatic carbocycles. The minimum Gasteiger partial charge on any atom is -0.507 e. The quantitative estimate of drug-likeness (QED) is 0.180. The first kappa shape index (κ1) is 27.6. The lowest BCUT2D eigenvalue weighted by molar-refractivity contribution is -0.132. The van der Waals surface area contributed by atoms with Crippen LogP contribution in [0.1, 0.15) is 66.3 Å². The Morgan fingerprint density at radius 3 is 2.26 bits per heavy atom. The van der Waals surface area contributed by atoms with Crippen LogP contribution < -0.4 is 9.64 Å². The van der Waals surface area contributed by atoms with Gasteiger partial charge in [-0.1, -0.05) is 51.1 Å². The van der Waals surface area contributed by atoms with Gasteiger partial charge < -0.3 is 14.6 Å². The molecule has 202 valence electrons. The Labute approximate surface area is 228 Å². The molecule has 1 aliphatic heterocycles. The number of carbonyl (C=O) groups is 3. The molecule has 4 rings (SSSR count). The number of esters is 1. The lowest BCUT2D eigenvalue weighted by Crippen LogP contribution is -2.29. The predicted octanol–water partition coefficient (Wildman–Crippen LogP) is 6.10. The molecule has 1 N–H and O–H groups in total. The molecule has 0 spiro atoms. The van der Waals surface area contributed by atoms with Gasteiger partial charge in [0.1, 0.15) is 11.5 Å². The summed E-state index contributed by atoms with van der Waals surface area (Å²) in [6.07, 6.45) is 0. The van der Waals surface area contributed by atoms with Gasteiger partial charge in [0.2, 0.25) is 0 Å². The summed E-state index contributed by atoms with van der Waals surface area (Å²) in [5.41, 5.74) is 3.27. The smallest absolute Gasteiger partial charge is 0.338 e. The lowest BCUT2D eigenvalue weighted by atomic mass is 9.85. The van der Waals surface area contributed by atoms with Crippen molar-refractivity contribution in [2.75, 3.05) is 18.6 Å². The van der Waals surface area contributed by atoms with Crippen molar-refractivity contribution in [3.63, 3.8) is 0 Å². The highest BCUT2D eigenvalue weighted by molar-refractivity contribution is 6.51. The van der Waals surface area contributed by atoms with E-state index in [1.165, 1.54) is 12.0 Å². The average Bonchev–Trinajstić information content (AvgIpc) is 3.17. The van der Waals surface area contributed by atoms with E-state index in [1.807, 2.05) is 58.0 Å². The van der Waals surface area contributed by atoms with Crippen LogP contribution in [0.5, 0.6) is 5.75 Å². The number of hydrogen-bond donors (Lipinski definition) is 1. The third-order valence-electron chi connectivity index (χ3n) is 6.90. The number of carbonyl (C=O) groups excluding carboxylic acids is 3. The summed E-state index contributed by atoms with van der Waals surface area (Å²) in [5.74, 6) is -1.99. The Morgan fingerprint density at radius 2 is 1.67 bits per heavy atom. The minimum atomic E-state index is -0.900. The normalized spacial score (nSPS) is 16.9. The van der Waals surface area contributed by atoms with Gasteiger partial charge in [-0.15, -0.1) is 0 Å². The molecule has 0 saturated carbocycles. The molecule has 1 unspecified atom stereocenters. The fraction of sp³-hybridized carbons (Fsp3) is 0.281. The van der Waals surface area contributed by atoms with Gasteiger partial charge in [0, 0.05) is 5.69 Å². The zero-order valence-corrected chi connectivity index (χ0v) is 23.1. The van der Waals surface area contributed by atoms with Crippen molar-refractivity contribution in [2.45, 2.75) is 46.1 Å². The first-order valence-corrected chi connectivity index (χ1v) is 12.8. The minimum absolute atomic E-state index is 0.0341. The third kappa shape index (κ3) is 5.17. The molecular weight excluding hydrogens is 494 g/mol. The van der Waals surface area contributed by atoms with Crippen molar-refractivity contribution in [3.05, 3.63) is 100 Å². The number of Topliss-reactive ketones (excluding diaryl/α,β-unsaturated/α-hetero) is 1. The average molecular weight is 528 g/mol. The molecule has 1 aliphatic rings. The van der Waals surface area contributed by atoms with Crippen LogP contribution in [0.2, 0.25) is 0 Å². The number of methoxy groups -OCH3 is 1. The summed E-state index contributed by atoms with van der Waals surface area (Å²) < 4.78 is 10.6. The third-order valence-corrected chi connectivity index (χ3v) is 6.90. The Bertz CT molecular complexity index is 1460. The number of rotatable bonds is 6. The molecule has 7 heteroatoms. The molecule has 1 saturated heterocycles. The van der Waals surface area contributed by atoms with Gasteiger partial charge in [-0.25, -0.2) is 4.79 Å². The fourth-order valence-corrected chi connectivity index (χ4v) is 4.76. The van der Waals surface area contributed by atoms with Crippen LogP contribution in [0.3, 0.4) is 0 Å². The van der Waals surface area contributed by atoms with Gasteiger partial charge in [0.15, 0.2) is 0 Å². The molecule has 0 aromatic heterocycles. The van der Waals surface area contributed by atoms with E-state index < -0.39 is 23.7 Å². The Hall–Kier alpha value is -4.39. The highest BCUT2D eigenvalue weighted by atomic mass is 16.5. The van der Waals surface area contributed by atoms with Crippen LogP contribution in [0.25, 0.3) is 5.76 Å². The van der Waals surface area contributed by atoms with Gasteiger partial charge in [0.25, 0.3) is 11.7 Å². The van der Waals surface area contributed by atoms with Gasteiger partial charge in [-0.3, -0.25) is 14.5 Å². The van der Waals surface area contributed by atoms with Crippen LogP contribution in [-0.4, -0.2) is 36.5 Å². The molecule has 1 atom stereocenters. The number of anilines is 1. The van der Waals surface area contributed by atoms with Crippen molar-refractivity contribution in [2.24, 2.45) is 0 Å². The molecule has 1 heterocycles. The summed E-state index contributed by atoms with van der Waals surface area (Å²) in [6, 6.07) is 18.3. The van der Waals surface area contributed by atoms with Crippen LogP contribution in [0, 0.1) is 6.92 Å². The first-order valence-electron chi connectivity index (χ1n) is 12.8. The molecule has 0 radical (unpaired) electrons. The van der Waals surface area contributed by atoms with Gasteiger partial charge in [-0.05, 0) is 72.4 Å². The van der Waals surface area contributed by atoms with Crippen LogP contribution in [0.4, 0.5) is 5.69 Å². The monoisotopic (exact) mass is 527 g/mol. The topological polar surface area (TPSA) is 93.1 Å². The number of nitrogens with zero attached hydrogens (tertiary/aromatic N) is 1. The van der Waals surface area contributed by atoms with Crippen molar-refractivity contribution in [1.29, 1.82) is 0 Å². The van der Waals surface area contributed by atoms with E-state index in [2.05, 4.69) is 0 Å². The number of amides is 1. The maximum atomic E-state index is 13.6. The zero-order chi connectivity index (χ0) is 28.5. The van der Waals surface area contributed by atoms with Crippen LogP contribution >= 0.6 is 0 Å². The molecular formula is C32H33NO6. The summed E-state index contributed by atoms with van der Waals surface area (Å²) in [5, 5.41) is 11.7. The highest BCUT2D eigenvalue weighted by Gasteiger charge is 2.47. The van der Waals surface area contributed by atoms with Crippen molar-refractivity contribution < 1.29 is 29.0 Å². The van der Waals surface area contributed by atoms with E-state index in [0.717, 1.165) is 11.1 Å². The summed E-state index contributed by atoms with van der Waals surface area (Å²) in [7, 11) is 1.49. The number of ketones is 1. The largest absolute Gasteiger partial charge is 0.507 e. The molecule has 1 amide bonds. The van der Waals surface area contributed by atoms with Crippen molar-refractivity contribution >= 4 is 29.1 Å². The van der Waals surface area contributed by atoms with Crippen molar-refractivity contribution in [3.8, 4) is 5.75 Å². The summed E-state index contributed by atoms with van der Waals surface area (Å²) in [6.45, 7) is 9.99. The molecule has 3 aromatic rings. The molecule has 1 fully saturated rings. The van der Waals surface area contributed by atoms with Gasteiger partial charge in [-0.2, -0.15) is 0 Å². The lowest BCUT2D eigenvalue weighted by Gasteiger charge is -2.27. The molecule has 0 aliphatic carbocycles. The maximum absolute atomic E-state index is 13.6. The molecule has 39 heavy (non-hydrogen) atoms. The number of benzene rings is 3. The van der Waals surface area contributed by atoms with E-state index in [9.17, 15) is 19.5 Å². The second-order valence-corrected chi connectivity index (χ2v) is 10.5. The van der Waals surface area contributed by atoms with E-state index >= 15 is 0 Å².